The van der Waals surface area contributed by atoms with E-state index in [2.05, 4.69) is 51.3 Å². The number of unbranched alkanes of at least 4 members (excludes halogenated alkanes) is 1. The summed E-state index contributed by atoms with van der Waals surface area (Å²) < 4.78 is 2.11. The number of nitrogens with one attached hydrogen (secondary N) is 1. The molecule has 0 fully saturated rings. The minimum absolute atomic E-state index is 0.942. The summed E-state index contributed by atoms with van der Waals surface area (Å²) in [5.74, 6) is 1.01. The fraction of sp³-hybridized carbons (Fsp3) is 0.222. The van der Waals surface area contributed by atoms with Crippen molar-refractivity contribution in [3.63, 3.8) is 0 Å². The second-order valence-electron chi connectivity index (χ2n) is 5.58. The van der Waals surface area contributed by atoms with Crippen molar-refractivity contribution in [1.29, 1.82) is 0 Å². The standard InChI is InChI=1S/C18H18N4/c1(2-11-22-12-10-19-13-22)9-20-18-15-7-3-5-14-6-4-8-16(21-18)17(14)15/h3-8,10,12-13H,1-2,9,11H2,(H,20,21). The van der Waals surface area contributed by atoms with E-state index < -0.39 is 0 Å². The Balaban J connectivity index is 1.38. The van der Waals surface area contributed by atoms with Gasteiger partial charge in [-0.05, 0) is 24.3 Å². The molecule has 0 spiro atoms. The van der Waals surface area contributed by atoms with Crippen LogP contribution in [-0.4, -0.2) is 21.9 Å². The highest BCUT2D eigenvalue weighted by atomic mass is 15.0. The van der Waals surface area contributed by atoms with E-state index in [1.54, 1.807) is 0 Å². The summed E-state index contributed by atoms with van der Waals surface area (Å²) in [6, 6.07) is 12.7. The Kier molecular flexibility index (Phi) is 3.35. The lowest BCUT2D eigenvalue weighted by Gasteiger charge is -2.07. The molecule has 1 aliphatic heterocycles. The van der Waals surface area contributed by atoms with E-state index >= 15 is 0 Å². The van der Waals surface area contributed by atoms with E-state index in [1.807, 2.05) is 18.7 Å². The number of aromatic nitrogens is 2. The molecule has 0 radical (unpaired) electrons. The van der Waals surface area contributed by atoms with Gasteiger partial charge in [0.15, 0.2) is 0 Å². The number of hydrogen-bond donors (Lipinski definition) is 1. The van der Waals surface area contributed by atoms with Gasteiger partial charge < -0.3 is 9.88 Å². The zero-order valence-electron chi connectivity index (χ0n) is 12.4. The van der Waals surface area contributed by atoms with Crippen LogP contribution in [0.5, 0.6) is 0 Å². The largest absolute Gasteiger partial charge is 0.370 e. The molecule has 0 atom stereocenters. The third kappa shape index (κ3) is 2.37. The zero-order chi connectivity index (χ0) is 14.8. The van der Waals surface area contributed by atoms with Crippen molar-refractivity contribution in [2.24, 2.45) is 4.99 Å². The Morgan fingerprint density at radius 1 is 1.05 bits per heavy atom. The summed E-state index contributed by atoms with van der Waals surface area (Å²) in [4.78, 5) is 8.79. The fourth-order valence-electron chi connectivity index (χ4n) is 2.97. The molecule has 22 heavy (non-hydrogen) atoms. The van der Waals surface area contributed by atoms with Crippen LogP contribution in [0.3, 0.4) is 0 Å². The first-order chi connectivity index (χ1) is 10.9. The zero-order valence-corrected chi connectivity index (χ0v) is 12.4. The fourth-order valence-corrected chi connectivity index (χ4v) is 2.97. The number of aryl methyl sites for hydroxylation is 1. The molecule has 110 valence electrons. The molecule has 0 bridgehead atoms. The normalized spacial score (nSPS) is 12.6. The molecular weight excluding hydrogens is 272 g/mol. The topological polar surface area (TPSA) is 42.2 Å². The highest BCUT2D eigenvalue weighted by Crippen LogP contribution is 2.34. The smallest absolute Gasteiger partial charge is 0.134 e. The Hall–Kier alpha value is -2.62. The van der Waals surface area contributed by atoms with E-state index in [0.717, 1.165) is 37.5 Å². The average molecular weight is 290 g/mol. The van der Waals surface area contributed by atoms with Crippen molar-refractivity contribution in [3.05, 3.63) is 60.7 Å². The predicted molar refractivity (Wildman–Crippen MR) is 89.6 cm³/mol. The second kappa shape index (κ2) is 5.64. The van der Waals surface area contributed by atoms with Gasteiger partial charge in [-0.15, -0.1) is 0 Å². The van der Waals surface area contributed by atoms with Gasteiger partial charge in [0, 0.05) is 36.4 Å². The van der Waals surface area contributed by atoms with Gasteiger partial charge in [0.1, 0.15) is 5.84 Å². The van der Waals surface area contributed by atoms with E-state index in [-0.39, 0.29) is 0 Å². The molecule has 1 aliphatic rings. The molecule has 0 amide bonds. The molecule has 0 saturated heterocycles. The van der Waals surface area contributed by atoms with Crippen LogP contribution in [0.1, 0.15) is 18.4 Å². The van der Waals surface area contributed by atoms with Crippen LogP contribution in [-0.2, 0) is 6.54 Å². The highest BCUT2D eigenvalue weighted by molar-refractivity contribution is 6.18. The molecule has 2 aromatic carbocycles. The number of amidine groups is 1. The molecule has 0 saturated carbocycles. The highest BCUT2D eigenvalue weighted by Gasteiger charge is 2.17. The molecule has 0 aliphatic carbocycles. The van der Waals surface area contributed by atoms with Gasteiger partial charge in [-0.1, -0.05) is 30.3 Å². The molecule has 2 heterocycles. The molecular formula is C18H18N4. The average Bonchev–Trinajstić information content (AvgIpc) is 3.17. The van der Waals surface area contributed by atoms with E-state index in [4.69, 9.17) is 4.99 Å². The summed E-state index contributed by atoms with van der Waals surface area (Å²) in [6.07, 6.45) is 7.94. The molecule has 3 aromatic rings. The van der Waals surface area contributed by atoms with Gasteiger partial charge in [0.25, 0.3) is 0 Å². The maximum atomic E-state index is 4.73. The number of nitrogens with zero attached hydrogens (tertiary/aromatic N) is 3. The van der Waals surface area contributed by atoms with Crippen molar-refractivity contribution < 1.29 is 0 Å². The first-order valence-electron chi connectivity index (χ1n) is 7.72. The number of aliphatic imine (C=N–C) groups is 1. The van der Waals surface area contributed by atoms with E-state index in [0.29, 0.717) is 0 Å². The molecule has 1 aromatic heterocycles. The quantitative estimate of drug-likeness (QED) is 0.731. The molecule has 4 heteroatoms. The second-order valence-corrected chi connectivity index (χ2v) is 5.58. The number of hydrogen-bond acceptors (Lipinski definition) is 3. The van der Waals surface area contributed by atoms with Crippen LogP contribution in [0.25, 0.3) is 10.8 Å². The van der Waals surface area contributed by atoms with Crippen LogP contribution in [0, 0.1) is 0 Å². The lowest BCUT2D eigenvalue weighted by Crippen LogP contribution is -2.24. The Morgan fingerprint density at radius 2 is 1.95 bits per heavy atom. The van der Waals surface area contributed by atoms with Gasteiger partial charge in [-0.2, -0.15) is 0 Å². The summed E-state index contributed by atoms with van der Waals surface area (Å²) in [5, 5.41) is 6.02. The Labute approximate surface area is 129 Å². The van der Waals surface area contributed by atoms with E-state index in [9.17, 15) is 0 Å². The first kappa shape index (κ1) is 13.1. The number of imidazole rings is 1. The van der Waals surface area contributed by atoms with Crippen molar-refractivity contribution in [2.45, 2.75) is 19.4 Å². The van der Waals surface area contributed by atoms with Gasteiger partial charge in [0.2, 0.25) is 0 Å². The van der Waals surface area contributed by atoms with Crippen molar-refractivity contribution in [1.82, 2.24) is 14.9 Å². The maximum absolute atomic E-state index is 4.73. The van der Waals surface area contributed by atoms with Crippen molar-refractivity contribution >= 4 is 22.3 Å². The van der Waals surface area contributed by atoms with Crippen LogP contribution >= 0.6 is 0 Å². The van der Waals surface area contributed by atoms with Gasteiger partial charge in [0.05, 0.1) is 12.0 Å². The minimum Gasteiger partial charge on any atom is -0.370 e. The monoisotopic (exact) mass is 290 g/mol. The van der Waals surface area contributed by atoms with Crippen LogP contribution in [0.15, 0.2) is 60.1 Å². The number of rotatable bonds is 5. The maximum Gasteiger partial charge on any atom is 0.134 e. The molecule has 0 unspecified atom stereocenters. The molecule has 4 rings (SSSR count). The Morgan fingerprint density at radius 3 is 2.82 bits per heavy atom. The third-order valence-corrected chi connectivity index (χ3v) is 4.06. The van der Waals surface area contributed by atoms with Gasteiger partial charge in [-0.25, -0.2) is 9.98 Å². The molecule has 4 nitrogen and oxygen atoms in total. The van der Waals surface area contributed by atoms with Crippen molar-refractivity contribution in [2.75, 3.05) is 6.54 Å². The minimum atomic E-state index is 0.942. The summed E-state index contributed by atoms with van der Waals surface area (Å²) in [5.41, 5.74) is 2.30. The van der Waals surface area contributed by atoms with Crippen LogP contribution < -0.4 is 5.32 Å². The SMILES string of the molecule is c1cc2c3c(cccc3c1)C(NCCCCn1ccnc1)=N2. The lowest BCUT2D eigenvalue weighted by molar-refractivity contribution is 0.602. The summed E-state index contributed by atoms with van der Waals surface area (Å²) in [6.45, 7) is 1.96. The predicted octanol–water partition coefficient (Wildman–Crippen LogP) is 3.50. The van der Waals surface area contributed by atoms with E-state index in [1.165, 1.54) is 16.3 Å². The first-order valence-corrected chi connectivity index (χ1v) is 7.72. The van der Waals surface area contributed by atoms with Crippen LogP contribution in [0.2, 0.25) is 0 Å². The summed E-state index contributed by atoms with van der Waals surface area (Å²) in [7, 11) is 0. The van der Waals surface area contributed by atoms with Crippen molar-refractivity contribution in [3.8, 4) is 0 Å². The van der Waals surface area contributed by atoms with Gasteiger partial charge in [-0.3, -0.25) is 0 Å². The lowest BCUT2D eigenvalue weighted by atomic mass is 10.0. The van der Waals surface area contributed by atoms with Crippen LogP contribution in [0.4, 0.5) is 5.69 Å². The molecule has 1 N–H and O–H groups in total. The third-order valence-electron chi connectivity index (χ3n) is 4.06. The number of benzene rings is 2. The van der Waals surface area contributed by atoms with Gasteiger partial charge >= 0.3 is 0 Å². The summed E-state index contributed by atoms with van der Waals surface area (Å²) >= 11 is 0. The Bertz CT molecular complexity index is 813.